The van der Waals surface area contributed by atoms with Crippen LogP contribution in [-0.2, 0) is 17.5 Å². The lowest BCUT2D eigenvalue weighted by Gasteiger charge is -2.26. The number of nitrogens with zero attached hydrogens (tertiary/aromatic N) is 2. The van der Waals surface area contributed by atoms with Gasteiger partial charge in [0, 0.05) is 19.6 Å². The van der Waals surface area contributed by atoms with E-state index in [1.807, 2.05) is 0 Å². The number of nitrogens with one attached hydrogen (secondary N) is 1. The summed E-state index contributed by atoms with van der Waals surface area (Å²) in [6.45, 7) is 8.23. The number of halogens is 3. The molecule has 9 heteroatoms. The van der Waals surface area contributed by atoms with Crippen LogP contribution in [-0.4, -0.2) is 56.4 Å². The molecular formula is C19H29F3N4O2. The highest BCUT2D eigenvalue weighted by molar-refractivity contribution is 5.77. The maximum atomic E-state index is 13.4. The molecule has 0 spiro atoms. The Bertz CT molecular complexity index is 645. The summed E-state index contributed by atoms with van der Waals surface area (Å²) in [5.41, 5.74) is 5.10. The van der Waals surface area contributed by atoms with Gasteiger partial charge in [-0.2, -0.15) is 13.2 Å². The molecule has 3 N–H and O–H groups in total. The zero-order valence-corrected chi connectivity index (χ0v) is 16.4. The van der Waals surface area contributed by atoms with Crippen molar-refractivity contribution in [2.24, 2.45) is 10.7 Å². The predicted molar refractivity (Wildman–Crippen MR) is 102 cm³/mol. The maximum Gasteiger partial charge on any atom is 0.416 e. The van der Waals surface area contributed by atoms with Crippen molar-refractivity contribution in [1.29, 1.82) is 0 Å². The first-order valence-electron chi connectivity index (χ1n) is 9.46. The van der Waals surface area contributed by atoms with Gasteiger partial charge in [-0.3, -0.25) is 4.90 Å². The summed E-state index contributed by atoms with van der Waals surface area (Å²) in [6, 6.07) is 3.92. The molecule has 0 amide bonds. The zero-order chi connectivity index (χ0) is 20.6. The molecular weight excluding hydrogens is 373 g/mol. The maximum absolute atomic E-state index is 13.4. The van der Waals surface area contributed by atoms with E-state index in [9.17, 15) is 13.2 Å². The average Bonchev–Trinajstić information content (AvgIpc) is 2.64. The molecule has 1 aliphatic heterocycles. The first kappa shape index (κ1) is 22.3. The number of ether oxygens (including phenoxy) is 2. The Kier molecular flexibility index (Phi) is 8.37. The highest BCUT2D eigenvalue weighted by atomic mass is 19.4. The van der Waals surface area contributed by atoms with Crippen LogP contribution in [0.5, 0.6) is 5.75 Å². The summed E-state index contributed by atoms with van der Waals surface area (Å²) in [4.78, 5) is 6.35. The van der Waals surface area contributed by atoms with Gasteiger partial charge in [0.05, 0.1) is 31.4 Å². The standard InChI is InChI=1S/C19H29F3N4O2/c1-14(2)28-16-5-4-15(17(12-16)19(20,21)22)13-25-18(23)24-6-3-7-26-8-10-27-11-9-26/h4-5,12,14H,3,6-11,13H2,1-2H3,(H3,23,24,25). The van der Waals surface area contributed by atoms with Crippen LogP contribution in [0, 0.1) is 0 Å². The van der Waals surface area contributed by atoms with E-state index in [0.717, 1.165) is 45.3 Å². The molecule has 1 aliphatic rings. The van der Waals surface area contributed by atoms with Crippen LogP contribution in [0.1, 0.15) is 31.4 Å². The lowest BCUT2D eigenvalue weighted by molar-refractivity contribution is -0.138. The van der Waals surface area contributed by atoms with Crippen molar-refractivity contribution in [3.05, 3.63) is 29.3 Å². The molecule has 0 aliphatic carbocycles. The fourth-order valence-corrected chi connectivity index (χ4v) is 2.87. The second kappa shape index (κ2) is 10.5. The van der Waals surface area contributed by atoms with E-state index in [1.54, 1.807) is 13.8 Å². The first-order valence-corrected chi connectivity index (χ1v) is 9.46. The molecule has 2 rings (SSSR count). The third kappa shape index (κ3) is 7.55. The van der Waals surface area contributed by atoms with Crippen molar-refractivity contribution in [2.75, 3.05) is 39.4 Å². The Balaban J connectivity index is 1.88. The molecule has 0 radical (unpaired) electrons. The van der Waals surface area contributed by atoms with E-state index in [0.29, 0.717) is 6.54 Å². The van der Waals surface area contributed by atoms with Gasteiger partial charge in [-0.25, -0.2) is 4.99 Å². The molecule has 0 saturated carbocycles. The van der Waals surface area contributed by atoms with Gasteiger partial charge < -0.3 is 20.5 Å². The number of aliphatic imine (C=N–C) groups is 1. The van der Waals surface area contributed by atoms with Gasteiger partial charge >= 0.3 is 6.18 Å². The van der Waals surface area contributed by atoms with Crippen LogP contribution in [0.4, 0.5) is 13.2 Å². The second-order valence-corrected chi connectivity index (χ2v) is 6.92. The summed E-state index contributed by atoms with van der Waals surface area (Å²) < 4.78 is 50.7. The van der Waals surface area contributed by atoms with E-state index in [4.69, 9.17) is 15.2 Å². The Hall–Kier alpha value is -2.00. The Morgan fingerprint density at radius 1 is 1.32 bits per heavy atom. The van der Waals surface area contributed by atoms with Crippen LogP contribution in [0.15, 0.2) is 23.2 Å². The van der Waals surface area contributed by atoms with E-state index in [2.05, 4.69) is 15.2 Å². The molecule has 1 aromatic carbocycles. The van der Waals surface area contributed by atoms with Crippen molar-refractivity contribution in [3.8, 4) is 5.75 Å². The fraction of sp³-hybridized carbons (Fsp3) is 0.632. The van der Waals surface area contributed by atoms with Crippen molar-refractivity contribution in [2.45, 2.75) is 39.1 Å². The van der Waals surface area contributed by atoms with Gasteiger partial charge in [-0.1, -0.05) is 6.07 Å². The Morgan fingerprint density at radius 3 is 2.68 bits per heavy atom. The number of guanidine groups is 1. The number of alkyl halides is 3. The van der Waals surface area contributed by atoms with Gasteiger partial charge in [0.25, 0.3) is 0 Å². The summed E-state index contributed by atoms with van der Waals surface area (Å²) >= 11 is 0. The molecule has 158 valence electrons. The minimum absolute atomic E-state index is 0.0571. The predicted octanol–water partition coefficient (Wildman–Crippen LogP) is 2.62. The second-order valence-electron chi connectivity index (χ2n) is 6.92. The van der Waals surface area contributed by atoms with Crippen LogP contribution in [0.2, 0.25) is 0 Å². The minimum atomic E-state index is -4.48. The van der Waals surface area contributed by atoms with Gasteiger partial charge in [0.1, 0.15) is 5.75 Å². The lowest BCUT2D eigenvalue weighted by atomic mass is 10.1. The molecule has 1 fully saturated rings. The molecule has 1 saturated heterocycles. The Morgan fingerprint density at radius 2 is 2.04 bits per heavy atom. The van der Waals surface area contributed by atoms with Gasteiger partial charge in [-0.05, 0) is 44.5 Å². The number of nitrogens with two attached hydrogens (primary N) is 1. The Labute approximate surface area is 163 Å². The highest BCUT2D eigenvalue weighted by Gasteiger charge is 2.33. The molecule has 0 bridgehead atoms. The summed E-state index contributed by atoms with van der Waals surface area (Å²) in [5.74, 6) is 0.321. The summed E-state index contributed by atoms with van der Waals surface area (Å²) in [6.07, 6.45) is -3.82. The topological polar surface area (TPSA) is 72.1 Å². The largest absolute Gasteiger partial charge is 0.491 e. The number of benzene rings is 1. The normalized spacial score (nSPS) is 16.4. The van der Waals surface area contributed by atoms with Crippen molar-refractivity contribution < 1.29 is 22.6 Å². The van der Waals surface area contributed by atoms with Crippen LogP contribution < -0.4 is 15.8 Å². The van der Waals surface area contributed by atoms with E-state index in [-0.39, 0.29) is 29.9 Å². The molecule has 0 aromatic heterocycles. The van der Waals surface area contributed by atoms with Gasteiger partial charge in [0.15, 0.2) is 5.96 Å². The third-order valence-electron chi connectivity index (χ3n) is 4.24. The highest BCUT2D eigenvalue weighted by Crippen LogP contribution is 2.35. The van der Waals surface area contributed by atoms with Crippen molar-refractivity contribution in [3.63, 3.8) is 0 Å². The van der Waals surface area contributed by atoms with E-state index >= 15 is 0 Å². The number of morpholine rings is 1. The number of hydrogen-bond acceptors (Lipinski definition) is 4. The molecule has 1 heterocycles. The number of hydrogen-bond donors (Lipinski definition) is 2. The van der Waals surface area contributed by atoms with E-state index < -0.39 is 11.7 Å². The molecule has 1 aromatic rings. The fourth-order valence-electron chi connectivity index (χ4n) is 2.87. The molecule has 28 heavy (non-hydrogen) atoms. The molecule has 0 atom stereocenters. The van der Waals surface area contributed by atoms with Gasteiger partial charge in [-0.15, -0.1) is 0 Å². The van der Waals surface area contributed by atoms with Crippen molar-refractivity contribution in [1.82, 2.24) is 10.2 Å². The quantitative estimate of drug-likeness (QED) is 0.397. The van der Waals surface area contributed by atoms with Crippen LogP contribution in [0.25, 0.3) is 0 Å². The number of rotatable bonds is 8. The molecule has 6 nitrogen and oxygen atoms in total. The third-order valence-corrected chi connectivity index (χ3v) is 4.24. The van der Waals surface area contributed by atoms with Gasteiger partial charge in [0.2, 0.25) is 0 Å². The summed E-state index contributed by atoms with van der Waals surface area (Å²) in [5, 5.41) is 2.95. The first-order chi connectivity index (χ1) is 13.3. The van der Waals surface area contributed by atoms with Crippen molar-refractivity contribution >= 4 is 5.96 Å². The van der Waals surface area contributed by atoms with Crippen LogP contribution in [0.3, 0.4) is 0 Å². The lowest BCUT2D eigenvalue weighted by Crippen LogP contribution is -2.39. The average molecular weight is 402 g/mol. The smallest absolute Gasteiger partial charge is 0.416 e. The molecule has 0 unspecified atom stereocenters. The monoisotopic (exact) mass is 402 g/mol. The summed E-state index contributed by atoms with van der Waals surface area (Å²) in [7, 11) is 0. The SMILES string of the molecule is CC(C)Oc1ccc(CN=C(N)NCCCN2CCOCC2)c(C(F)(F)F)c1. The minimum Gasteiger partial charge on any atom is -0.491 e. The zero-order valence-electron chi connectivity index (χ0n) is 16.4. The van der Waals surface area contributed by atoms with E-state index in [1.165, 1.54) is 12.1 Å². The van der Waals surface area contributed by atoms with Crippen LogP contribution >= 0.6 is 0 Å².